The molecular weight excluding hydrogens is 150 g/mol. The Balaban J connectivity index is 2.69. The molecule has 0 aliphatic heterocycles. The minimum atomic E-state index is 0.426. The monoisotopic (exact) mass is 161 g/mol. The molecule has 1 rings (SSSR count). The fourth-order valence-electron chi connectivity index (χ4n) is 0.829. The number of nitrogens with one attached hydrogen (secondary N) is 1. The van der Waals surface area contributed by atoms with Crippen LogP contribution in [0.5, 0.6) is 0 Å². The van der Waals surface area contributed by atoms with Gasteiger partial charge in [0.15, 0.2) is 0 Å². The normalized spacial score (nSPS) is 10.4. The van der Waals surface area contributed by atoms with Crippen LogP contribution in [0.25, 0.3) is 0 Å². The number of hydrogen-bond donors (Lipinski definition) is 1. The zero-order valence-electron chi connectivity index (χ0n) is 6.99. The van der Waals surface area contributed by atoms with Gasteiger partial charge >= 0.3 is 0 Å². The van der Waals surface area contributed by atoms with E-state index in [0.29, 0.717) is 6.54 Å². The van der Waals surface area contributed by atoms with Crippen molar-refractivity contribution in [1.82, 2.24) is 4.98 Å². The first kappa shape index (κ1) is 8.59. The Hall–Kier alpha value is -1.51. The average Bonchev–Trinajstić information content (AvgIpc) is 2.05. The molecule has 0 unspecified atom stereocenters. The molecule has 0 saturated carbocycles. The van der Waals surface area contributed by atoms with Gasteiger partial charge in [-0.2, -0.15) is 0 Å². The third-order valence-corrected chi connectivity index (χ3v) is 1.36. The highest BCUT2D eigenvalue weighted by Gasteiger charge is 1.87. The smallest absolute Gasteiger partial charge is 0.0810 e. The number of hydrogen-bond acceptors (Lipinski definition) is 3. The van der Waals surface area contributed by atoms with Crippen molar-refractivity contribution in [2.24, 2.45) is 4.99 Å². The second-order valence-corrected chi connectivity index (χ2v) is 2.46. The Bertz CT molecular complexity index is 292. The molecule has 0 fully saturated rings. The first-order valence-electron chi connectivity index (χ1n) is 3.74. The Kier molecular flexibility index (Phi) is 3.14. The van der Waals surface area contributed by atoms with E-state index in [1.165, 1.54) is 11.8 Å². The van der Waals surface area contributed by atoms with Crippen LogP contribution >= 0.6 is 0 Å². The van der Waals surface area contributed by atoms with Gasteiger partial charge < -0.3 is 5.41 Å². The second kappa shape index (κ2) is 4.38. The third kappa shape index (κ3) is 2.62. The molecule has 0 radical (unpaired) electrons. The van der Waals surface area contributed by atoms with Gasteiger partial charge in [0.05, 0.1) is 12.2 Å². The molecule has 1 N–H and O–H groups in total. The van der Waals surface area contributed by atoms with Crippen LogP contribution in [0.3, 0.4) is 0 Å². The van der Waals surface area contributed by atoms with Crippen molar-refractivity contribution in [1.29, 1.82) is 5.41 Å². The first-order chi connectivity index (χ1) is 5.83. The highest BCUT2D eigenvalue weighted by Crippen LogP contribution is 1.96. The lowest BCUT2D eigenvalue weighted by atomic mass is 10.2. The minimum Gasteiger partial charge on any atom is -0.311 e. The van der Waals surface area contributed by atoms with Crippen molar-refractivity contribution in [3.8, 4) is 0 Å². The van der Waals surface area contributed by atoms with Crippen molar-refractivity contribution >= 4 is 12.4 Å². The molecule has 1 aromatic heterocycles. The third-order valence-electron chi connectivity index (χ3n) is 1.36. The van der Waals surface area contributed by atoms with E-state index in [1.807, 2.05) is 19.1 Å². The molecule has 0 bridgehead atoms. The second-order valence-electron chi connectivity index (χ2n) is 2.46. The summed E-state index contributed by atoms with van der Waals surface area (Å²) in [5, 5.41) is 6.75. The average molecular weight is 161 g/mol. The van der Waals surface area contributed by atoms with Crippen molar-refractivity contribution in [3.05, 3.63) is 29.6 Å². The summed E-state index contributed by atoms with van der Waals surface area (Å²) in [4.78, 5) is 8.06. The highest BCUT2D eigenvalue weighted by molar-refractivity contribution is 5.78. The SMILES string of the molecule is Cc1ccnc(/C=N/CC=N)c1. The molecule has 3 heteroatoms. The van der Waals surface area contributed by atoms with Gasteiger partial charge in [-0.25, -0.2) is 0 Å². The van der Waals surface area contributed by atoms with Crippen LogP contribution in [0.4, 0.5) is 0 Å². The van der Waals surface area contributed by atoms with Gasteiger partial charge in [0.25, 0.3) is 0 Å². The lowest BCUT2D eigenvalue weighted by Gasteiger charge is -1.92. The predicted molar refractivity (Wildman–Crippen MR) is 50.2 cm³/mol. The number of rotatable bonds is 3. The van der Waals surface area contributed by atoms with E-state index in [1.54, 1.807) is 12.4 Å². The summed E-state index contributed by atoms with van der Waals surface area (Å²) in [5.41, 5.74) is 2.01. The Labute approximate surface area is 71.7 Å². The van der Waals surface area contributed by atoms with Crippen LogP contribution in [0.1, 0.15) is 11.3 Å². The number of pyridine rings is 1. The summed E-state index contributed by atoms with van der Waals surface area (Å²) >= 11 is 0. The first-order valence-corrected chi connectivity index (χ1v) is 3.74. The number of aliphatic imine (C=N–C) groups is 1. The van der Waals surface area contributed by atoms with Gasteiger partial charge in [-0.15, -0.1) is 0 Å². The van der Waals surface area contributed by atoms with Gasteiger partial charge in [0.2, 0.25) is 0 Å². The summed E-state index contributed by atoms with van der Waals surface area (Å²) in [6, 6.07) is 3.89. The zero-order chi connectivity index (χ0) is 8.81. The molecule has 3 nitrogen and oxygen atoms in total. The zero-order valence-corrected chi connectivity index (χ0v) is 6.99. The maximum absolute atomic E-state index is 6.75. The van der Waals surface area contributed by atoms with Gasteiger partial charge in [0.1, 0.15) is 0 Å². The van der Waals surface area contributed by atoms with E-state index >= 15 is 0 Å². The lowest BCUT2D eigenvalue weighted by Crippen LogP contribution is -1.89. The van der Waals surface area contributed by atoms with Crippen molar-refractivity contribution in [2.75, 3.05) is 6.54 Å². The summed E-state index contributed by atoms with van der Waals surface area (Å²) in [5.74, 6) is 0. The molecule has 0 aliphatic carbocycles. The Morgan fingerprint density at radius 1 is 1.67 bits per heavy atom. The predicted octanol–water partition coefficient (Wildman–Crippen LogP) is 1.46. The van der Waals surface area contributed by atoms with Gasteiger partial charge in [-0.1, -0.05) is 0 Å². The highest BCUT2D eigenvalue weighted by atomic mass is 14.7. The molecule has 0 amide bonds. The standard InChI is InChI=1S/C9H11N3/c1-8-2-4-12-9(6-8)7-11-5-3-10/h2-4,6-7,10H,5H2,1H3/b10-3?,11-7+. The molecule has 0 atom stereocenters. The van der Waals surface area contributed by atoms with Gasteiger partial charge in [-0.05, 0) is 24.6 Å². The van der Waals surface area contributed by atoms with E-state index < -0.39 is 0 Å². The Morgan fingerprint density at radius 2 is 2.50 bits per heavy atom. The van der Waals surface area contributed by atoms with Gasteiger partial charge in [0, 0.05) is 18.6 Å². The van der Waals surface area contributed by atoms with Crippen LogP contribution in [0, 0.1) is 12.3 Å². The summed E-state index contributed by atoms with van der Waals surface area (Å²) in [6.07, 6.45) is 4.69. The van der Waals surface area contributed by atoms with Crippen molar-refractivity contribution in [2.45, 2.75) is 6.92 Å². The fraction of sp³-hybridized carbons (Fsp3) is 0.222. The lowest BCUT2D eigenvalue weighted by molar-refractivity contribution is 1.24. The maximum atomic E-state index is 6.75. The molecule has 1 aromatic rings. The van der Waals surface area contributed by atoms with E-state index in [4.69, 9.17) is 5.41 Å². The van der Waals surface area contributed by atoms with Gasteiger partial charge in [-0.3, -0.25) is 9.98 Å². The molecule has 62 valence electrons. The number of aromatic nitrogens is 1. The largest absolute Gasteiger partial charge is 0.311 e. The molecule has 0 aromatic carbocycles. The number of nitrogens with zero attached hydrogens (tertiary/aromatic N) is 2. The van der Waals surface area contributed by atoms with Crippen LogP contribution < -0.4 is 0 Å². The topological polar surface area (TPSA) is 49.1 Å². The van der Waals surface area contributed by atoms with Crippen molar-refractivity contribution < 1.29 is 0 Å². The molecule has 0 spiro atoms. The summed E-state index contributed by atoms with van der Waals surface area (Å²) < 4.78 is 0. The summed E-state index contributed by atoms with van der Waals surface area (Å²) in [7, 11) is 0. The van der Waals surface area contributed by atoms with E-state index in [9.17, 15) is 0 Å². The van der Waals surface area contributed by atoms with E-state index in [-0.39, 0.29) is 0 Å². The fourth-order valence-corrected chi connectivity index (χ4v) is 0.829. The number of aryl methyl sites for hydroxylation is 1. The van der Waals surface area contributed by atoms with Crippen LogP contribution in [0.15, 0.2) is 23.3 Å². The molecular formula is C9H11N3. The minimum absolute atomic E-state index is 0.426. The van der Waals surface area contributed by atoms with E-state index in [2.05, 4.69) is 9.98 Å². The Morgan fingerprint density at radius 3 is 3.17 bits per heavy atom. The maximum Gasteiger partial charge on any atom is 0.0810 e. The van der Waals surface area contributed by atoms with Crippen LogP contribution in [-0.4, -0.2) is 24.0 Å². The summed E-state index contributed by atoms with van der Waals surface area (Å²) in [6.45, 7) is 2.44. The quantitative estimate of drug-likeness (QED) is 0.670. The molecule has 0 saturated heterocycles. The van der Waals surface area contributed by atoms with Crippen LogP contribution in [0.2, 0.25) is 0 Å². The van der Waals surface area contributed by atoms with Crippen molar-refractivity contribution in [3.63, 3.8) is 0 Å². The molecule has 12 heavy (non-hydrogen) atoms. The van der Waals surface area contributed by atoms with E-state index in [0.717, 1.165) is 5.69 Å². The molecule has 0 aliphatic rings. The molecule has 1 heterocycles. The van der Waals surface area contributed by atoms with Crippen LogP contribution in [-0.2, 0) is 0 Å².